The van der Waals surface area contributed by atoms with Crippen molar-refractivity contribution in [3.63, 3.8) is 0 Å². The number of hydrogen-bond donors (Lipinski definition) is 1. The smallest absolute Gasteiger partial charge is 0.239 e. The lowest BCUT2D eigenvalue weighted by Gasteiger charge is -2.23. The highest BCUT2D eigenvalue weighted by Crippen LogP contribution is 2.22. The van der Waals surface area contributed by atoms with E-state index < -0.39 is 0 Å². The van der Waals surface area contributed by atoms with Crippen molar-refractivity contribution in [2.24, 2.45) is 5.92 Å². The molecule has 0 bridgehead atoms. The van der Waals surface area contributed by atoms with Crippen molar-refractivity contribution in [2.45, 2.75) is 32.9 Å². The molecular formula is C16H25BrN2O2. The molecule has 0 aromatic heterocycles. The lowest BCUT2D eigenvalue weighted by molar-refractivity contribution is -0.131. The van der Waals surface area contributed by atoms with Gasteiger partial charge in [0.1, 0.15) is 5.75 Å². The van der Waals surface area contributed by atoms with E-state index in [1.54, 1.807) is 26.1 Å². The molecule has 1 aromatic carbocycles. The van der Waals surface area contributed by atoms with Gasteiger partial charge < -0.3 is 15.0 Å². The molecule has 21 heavy (non-hydrogen) atoms. The SMILES string of the molecule is COc1ccc(Br)c(CNC(CC(C)C)C(=O)N(C)C)c1. The zero-order valence-corrected chi connectivity index (χ0v) is 15.0. The highest BCUT2D eigenvalue weighted by molar-refractivity contribution is 9.10. The van der Waals surface area contributed by atoms with Crippen LogP contribution in [0, 0.1) is 5.92 Å². The van der Waals surface area contributed by atoms with Gasteiger partial charge in [-0.05, 0) is 36.1 Å². The first-order valence-electron chi connectivity index (χ1n) is 7.12. The predicted octanol–water partition coefficient (Wildman–Crippen LogP) is 3.05. The van der Waals surface area contributed by atoms with Gasteiger partial charge in [0.2, 0.25) is 5.91 Å². The van der Waals surface area contributed by atoms with Gasteiger partial charge in [-0.2, -0.15) is 0 Å². The number of hydrogen-bond acceptors (Lipinski definition) is 3. The predicted molar refractivity (Wildman–Crippen MR) is 89.5 cm³/mol. The summed E-state index contributed by atoms with van der Waals surface area (Å²) < 4.78 is 6.25. The minimum absolute atomic E-state index is 0.114. The topological polar surface area (TPSA) is 41.6 Å². The van der Waals surface area contributed by atoms with Crippen LogP contribution in [0.15, 0.2) is 22.7 Å². The van der Waals surface area contributed by atoms with Crippen LogP contribution in [0.4, 0.5) is 0 Å². The average molecular weight is 357 g/mol. The fourth-order valence-electron chi connectivity index (χ4n) is 2.10. The Balaban J connectivity index is 2.78. The second-order valence-electron chi connectivity index (χ2n) is 5.75. The van der Waals surface area contributed by atoms with Gasteiger partial charge in [-0.25, -0.2) is 0 Å². The highest BCUT2D eigenvalue weighted by atomic mass is 79.9. The van der Waals surface area contributed by atoms with Crippen LogP contribution < -0.4 is 10.1 Å². The van der Waals surface area contributed by atoms with Crippen molar-refractivity contribution in [1.29, 1.82) is 0 Å². The molecule has 118 valence electrons. The van der Waals surface area contributed by atoms with Crippen LogP contribution in [0.5, 0.6) is 5.75 Å². The van der Waals surface area contributed by atoms with Crippen molar-refractivity contribution in [2.75, 3.05) is 21.2 Å². The van der Waals surface area contributed by atoms with E-state index in [0.29, 0.717) is 12.5 Å². The van der Waals surface area contributed by atoms with Crippen LogP contribution in [0.2, 0.25) is 0 Å². The Hall–Kier alpha value is -1.07. The van der Waals surface area contributed by atoms with Crippen LogP contribution in [0.25, 0.3) is 0 Å². The Kier molecular flexibility index (Phi) is 7.18. The first-order valence-corrected chi connectivity index (χ1v) is 7.91. The number of carbonyl (C=O) groups excluding carboxylic acids is 1. The molecule has 1 amide bonds. The van der Waals surface area contributed by atoms with E-state index in [4.69, 9.17) is 4.74 Å². The first kappa shape index (κ1) is 18.0. The molecule has 1 aromatic rings. The Morgan fingerprint density at radius 3 is 2.57 bits per heavy atom. The molecule has 0 aliphatic heterocycles. The molecule has 0 fully saturated rings. The Bertz CT molecular complexity index is 475. The molecule has 0 aliphatic carbocycles. The maximum absolute atomic E-state index is 12.2. The summed E-state index contributed by atoms with van der Waals surface area (Å²) in [5, 5.41) is 3.36. The molecule has 1 N–H and O–H groups in total. The lowest BCUT2D eigenvalue weighted by atomic mass is 10.0. The van der Waals surface area contributed by atoms with Gasteiger partial charge in [0.15, 0.2) is 0 Å². The summed E-state index contributed by atoms with van der Waals surface area (Å²) in [4.78, 5) is 13.9. The van der Waals surface area contributed by atoms with Crippen LogP contribution in [-0.2, 0) is 11.3 Å². The van der Waals surface area contributed by atoms with Gasteiger partial charge in [0.25, 0.3) is 0 Å². The van der Waals surface area contributed by atoms with E-state index in [0.717, 1.165) is 22.2 Å². The standard InChI is InChI=1S/C16H25BrN2O2/c1-11(2)8-15(16(20)19(3)4)18-10-12-9-13(21-5)6-7-14(12)17/h6-7,9,11,15,18H,8,10H2,1-5H3. The normalized spacial score (nSPS) is 12.3. The van der Waals surface area contributed by atoms with E-state index in [1.165, 1.54) is 0 Å². The molecule has 1 unspecified atom stereocenters. The van der Waals surface area contributed by atoms with Crippen LogP contribution in [0.3, 0.4) is 0 Å². The molecule has 1 atom stereocenters. The van der Waals surface area contributed by atoms with Gasteiger partial charge in [-0.1, -0.05) is 29.8 Å². The maximum atomic E-state index is 12.2. The van der Waals surface area contributed by atoms with Crippen LogP contribution in [-0.4, -0.2) is 38.1 Å². The number of nitrogens with zero attached hydrogens (tertiary/aromatic N) is 1. The van der Waals surface area contributed by atoms with E-state index in [-0.39, 0.29) is 11.9 Å². The first-order chi connectivity index (χ1) is 9.85. The second kappa shape index (κ2) is 8.39. The quantitative estimate of drug-likeness (QED) is 0.816. The maximum Gasteiger partial charge on any atom is 0.239 e. The largest absolute Gasteiger partial charge is 0.497 e. The number of carbonyl (C=O) groups is 1. The average Bonchev–Trinajstić information content (AvgIpc) is 2.43. The summed E-state index contributed by atoms with van der Waals surface area (Å²) in [6.07, 6.45) is 0.818. The van der Waals surface area contributed by atoms with Gasteiger partial charge in [0, 0.05) is 25.1 Å². The third-order valence-electron chi connectivity index (χ3n) is 3.24. The van der Waals surface area contributed by atoms with Crippen molar-refractivity contribution in [1.82, 2.24) is 10.2 Å². The van der Waals surface area contributed by atoms with E-state index in [9.17, 15) is 4.79 Å². The number of rotatable bonds is 7. The van der Waals surface area contributed by atoms with Gasteiger partial charge in [-0.3, -0.25) is 4.79 Å². The number of benzene rings is 1. The molecule has 4 nitrogen and oxygen atoms in total. The summed E-state index contributed by atoms with van der Waals surface area (Å²) in [6, 6.07) is 5.67. The molecule has 0 aliphatic rings. The highest BCUT2D eigenvalue weighted by Gasteiger charge is 2.21. The molecule has 0 spiro atoms. The Morgan fingerprint density at radius 2 is 2.05 bits per heavy atom. The number of likely N-dealkylation sites (N-methyl/N-ethyl adjacent to an activating group) is 1. The Labute approximate surface area is 136 Å². The number of nitrogens with one attached hydrogen (secondary N) is 1. The van der Waals surface area contributed by atoms with Crippen molar-refractivity contribution in [3.8, 4) is 5.75 Å². The molecule has 0 heterocycles. The zero-order valence-electron chi connectivity index (χ0n) is 13.4. The van der Waals surface area contributed by atoms with Gasteiger partial charge in [-0.15, -0.1) is 0 Å². The zero-order chi connectivity index (χ0) is 16.0. The minimum atomic E-state index is -0.168. The van der Waals surface area contributed by atoms with Gasteiger partial charge in [0.05, 0.1) is 13.2 Å². The number of amides is 1. The summed E-state index contributed by atoms with van der Waals surface area (Å²) in [5.74, 6) is 1.39. The fourth-order valence-corrected chi connectivity index (χ4v) is 2.49. The second-order valence-corrected chi connectivity index (χ2v) is 6.61. The van der Waals surface area contributed by atoms with E-state index in [2.05, 4.69) is 35.1 Å². The van der Waals surface area contributed by atoms with Gasteiger partial charge >= 0.3 is 0 Å². The summed E-state index contributed by atoms with van der Waals surface area (Å²) in [6.45, 7) is 4.87. The summed E-state index contributed by atoms with van der Waals surface area (Å²) >= 11 is 3.54. The van der Waals surface area contributed by atoms with Crippen molar-refractivity contribution < 1.29 is 9.53 Å². The van der Waals surface area contributed by atoms with Crippen LogP contribution >= 0.6 is 15.9 Å². The fraction of sp³-hybridized carbons (Fsp3) is 0.562. The van der Waals surface area contributed by atoms with Crippen molar-refractivity contribution in [3.05, 3.63) is 28.2 Å². The number of ether oxygens (including phenoxy) is 1. The number of halogens is 1. The number of methoxy groups -OCH3 is 1. The summed E-state index contributed by atoms with van der Waals surface area (Å²) in [5.41, 5.74) is 1.08. The van der Waals surface area contributed by atoms with E-state index in [1.807, 2.05) is 18.2 Å². The third kappa shape index (κ3) is 5.67. The molecule has 0 saturated heterocycles. The molecule has 5 heteroatoms. The monoisotopic (exact) mass is 356 g/mol. The molecule has 0 radical (unpaired) electrons. The molecule has 0 saturated carbocycles. The van der Waals surface area contributed by atoms with Crippen molar-refractivity contribution >= 4 is 21.8 Å². The van der Waals surface area contributed by atoms with Crippen LogP contribution in [0.1, 0.15) is 25.8 Å². The van der Waals surface area contributed by atoms with E-state index >= 15 is 0 Å². The minimum Gasteiger partial charge on any atom is -0.497 e. The lowest BCUT2D eigenvalue weighted by Crippen LogP contribution is -2.44. The third-order valence-corrected chi connectivity index (χ3v) is 4.01. The Morgan fingerprint density at radius 1 is 1.38 bits per heavy atom. The molecular weight excluding hydrogens is 332 g/mol. The summed E-state index contributed by atoms with van der Waals surface area (Å²) in [7, 11) is 5.23. The molecule has 1 rings (SSSR count).